The van der Waals surface area contributed by atoms with E-state index in [9.17, 15) is 13.8 Å². The van der Waals surface area contributed by atoms with Crippen LogP contribution < -0.4 is 0 Å². The van der Waals surface area contributed by atoms with Crippen molar-refractivity contribution in [2.24, 2.45) is 5.11 Å². The van der Waals surface area contributed by atoms with Gasteiger partial charge in [-0.2, -0.15) is 0 Å². The van der Waals surface area contributed by atoms with E-state index in [4.69, 9.17) is 10.6 Å². The van der Waals surface area contributed by atoms with Gasteiger partial charge in [0.2, 0.25) is 5.91 Å². The minimum Gasteiger partial charge on any atom is -0.480 e. The van der Waals surface area contributed by atoms with Gasteiger partial charge in [-0.25, -0.2) is 4.79 Å². The number of β-lactam (4-membered cyclic amide) rings is 1. The third kappa shape index (κ3) is 1.43. The molecule has 2 fully saturated rings. The number of carboxylic acid groups (broad SMARTS) is 1. The van der Waals surface area contributed by atoms with Crippen LogP contribution in [0.1, 0.15) is 13.3 Å². The summed E-state index contributed by atoms with van der Waals surface area (Å²) in [6.45, 7) is 1.27. The Morgan fingerprint density at radius 1 is 1.82 bits per heavy atom. The maximum absolute atomic E-state index is 12.1. The highest BCUT2D eigenvalue weighted by Crippen LogP contribution is 2.43. The van der Waals surface area contributed by atoms with Gasteiger partial charge in [0.15, 0.2) is 0 Å². The first-order valence-corrected chi connectivity index (χ1v) is 6.10. The Morgan fingerprint density at radius 2 is 2.47 bits per heavy atom. The molecule has 2 aliphatic rings. The molecule has 8 nitrogen and oxygen atoms in total. The largest absolute Gasteiger partial charge is 0.480 e. The van der Waals surface area contributed by atoms with Gasteiger partial charge in [-0.3, -0.25) is 9.00 Å². The Morgan fingerprint density at radius 3 is 2.94 bits per heavy atom. The summed E-state index contributed by atoms with van der Waals surface area (Å²) in [4.78, 5) is 26.2. The number of hydrogen-bond acceptors (Lipinski definition) is 4. The molecule has 0 saturated carbocycles. The van der Waals surface area contributed by atoms with Gasteiger partial charge in [0.25, 0.3) is 0 Å². The zero-order valence-electron chi connectivity index (χ0n) is 8.94. The van der Waals surface area contributed by atoms with Crippen molar-refractivity contribution in [3.05, 3.63) is 10.4 Å². The number of azide groups is 1. The third-order valence-corrected chi connectivity index (χ3v) is 5.35. The monoisotopic (exact) mass is 258 g/mol. The van der Waals surface area contributed by atoms with Gasteiger partial charge in [0.1, 0.15) is 11.4 Å². The van der Waals surface area contributed by atoms with E-state index in [2.05, 4.69) is 10.0 Å². The van der Waals surface area contributed by atoms with E-state index in [1.54, 1.807) is 0 Å². The van der Waals surface area contributed by atoms with Crippen LogP contribution in [0.3, 0.4) is 0 Å². The lowest BCUT2D eigenvalue weighted by Crippen LogP contribution is -2.57. The Balaban J connectivity index is 2.42. The lowest BCUT2D eigenvalue weighted by Gasteiger charge is -2.36. The number of hydrogen-bond donors (Lipinski definition) is 1. The number of carbonyl (C=O) groups excluding carboxylic acids is 1. The zero-order valence-corrected chi connectivity index (χ0v) is 9.75. The topological polar surface area (TPSA) is 123 Å². The Kier molecular flexibility index (Phi) is 2.59. The summed E-state index contributed by atoms with van der Waals surface area (Å²) in [5.41, 5.74) is 8.28. The van der Waals surface area contributed by atoms with Crippen LogP contribution in [0.4, 0.5) is 0 Å². The first-order valence-electron chi connectivity index (χ1n) is 4.89. The summed E-state index contributed by atoms with van der Waals surface area (Å²) in [7, 11) is -1.53. The number of carbonyl (C=O) groups is 2. The zero-order chi connectivity index (χ0) is 12.8. The van der Waals surface area contributed by atoms with Gasteiger partial charge in [-0.05, 0) is 12.5 Å². The van der Waals surface area contributed by atoms with Gasteiger partial charge < -0.3 is 10.0 Å². The summed E-state index contributed by atoms with van der Waals surface area (Å²) < 4.78 is 10.9. The van der Waals surface area contributed by atoms with Crippen molar-refractivity contribution in [1.82, 2.24) is 4.90 Å². The van der Waals surface area contributed by atoms with E-state index in [-0.39, 0.29) is 18.9 Å². The fraction of sp³-hybridized carbons (Fsp3) is 0.750. The molecule has 4 atom stereocenters. The smallest absolute Gasteiger partial charge is 0.328 e. The van der Waals surface area contributed by atoms with Crippen molar-refractivity contribution in [3.63, 3.8) is 0 Å². The van der Waals surface area contributed by atoms with Crippen LogP contribution in [0.15, 0.2) is 5.11 Å². The minimum atomic E-state index is -1.53. The normalized spacial score (nSPS) is 39.2. The van der Waals surface area contributed by atoms with Crippen molar-refractivity contribution in [1.29, 1.82) is 0 Å². The summed E-state index contributed by atoms with van der Waals surface area (Å²) in [6.07, 6.45) is 0.0995. The predicted octanol–water partition coefficient (Wildman–Crippen LogP) is -0.171. The van der Waals surface area contributed by atoms with Crippen molar-refractivity contribution in [2.75, 3.05) is 6.54 Å². The molecule has 0 radical (unpaired) electrons. The second-order valence-corrected chi connectivity index (χ2v) is 6.27. The predicted molar refractivity (Wildman–Crippen MR) is 57.2 cm³/mol. The van der Waals surface area contributed by atoms with E-state index in [1.807, 2.05) is 0 Å². The molecule has 2 saturated heterocycles. The fourth-order valence-electron chi connectivity index (χ4n) is 2.31. The number of amides is 1. The summed E-state index contributed by atoms with van der Waals surface area (Å²) in [5, 5.41) is 11.9. The van der Waals surface area contributed by atoms with E-state index in [0.29, 0.717) is 0 Å². The molecule has 92 valence electrons. The lowest BCUT2D eigenvalue weighted by molar-refractivity contribution is -0.157. The summed E-state index contributed by atoms with van der Waals surface area (Å²) in [5.74, 6) is -1.54. The first kappa shape index (κ1) is 11.9. The first-order chi connectivity index (χ1) is 7.93. The van der Waals surface area contributed by atoms with Crippen molar-refractivity contribution >= 4 is 22.7 Å². The van der Waals surface area contributed by atoms with Crippen LogP contribution in [0.5, 0.6) is 0 Å². The van der Waals surface area contributed by atoms with Crippen molar-refractivity contribution < 1.29 is 18.9 Å². The summed E-state index contributed by atoms with van der Waals surface area (Å²) >= 11 is 0. The average Bonchev–Trinajstić information content (AvgIpc) is 2.44. The fourth-order valence-corrected chi connectivity index (χ4v) is 4.29. The molecule has 0 aromatic rings. The van der Waals surface area contributed by atoms with Crippen LogP contribution in [0, 0.1) is 0 Å². The number of carboxylic acids is 1. The van der Waals surface area contributed by atoms with Crippen LogP contribution in [-0.2, 0) is 20.4 Å². The molecule has 0 bridgehead atoms. The molecule has 0 aliphatic carbocycles. The van der Waals surface area contributed by atoms with Crippen LogP contribution in [0.2, 0.25) is 0 Å². The molecular formula is C8H10N4O4S. The van der Waals surface area contributed by atoms with Gasteiger partial charge in [0.05, 0.1) is 22.0 Å². The van der Waals surface area contributed by atoms with Crippen molar-refractivity contribution in [2.45, 2.75) is 29.5 Å². The molecule has 17 heavy (non-hydrogen) atoms. The quantitative estimate of drug-likeness (QED) is 0.326. The highest BCUT2D eigenvalue weighted by molar-refractivity contribution is 7.87. The Hall–Kier alpha value is -1.60. The molecular weight excluding hydrogens is 248 g/mol. The van der Waals surface area contributed by atoms with Crippen LogP contribution >= 0.6 is 0 Å². The molecule has 1 amide bonds. The summed E-state index contributed by atoms with van der Waals surface area (Å²) in [6, 6.07) is -1.18. The number of aliphatic carboxylic acids is 1. The highest BCUT2D eigenvalue weighted by Gasteiger charge is 2.64. The van der Waals surface area contributed by atoms with Gasteiger partial charge in [-0.1, -0.05) is 5.11 Å². The second-order valence-electron chi connectivity index (χ2n) is 4.20. The number of nitrogens with zero attached hydrogens (tertiary/aromatic N) is 4. The van der Waals surface area contributed by atoms with Crippen LogP contribution in [-0.4, -0.2) is 48.8 Å². The average molecular weight is 258 g/mol. The molecule has 0 aromatic carbocycles. The molecule has 0 spiro atoms. The third-order valence-electron chi connectivity index (χ3n) is 3.19. The molecule has 9 heteroatoms. The van der Waals surface area contributed by atoms with Crippen LogP contribution in [0.25, 0.3) is 10.4 Å². The lowest BCUT2D eigenvalue weighted by atomic mass is 9.97. The van der Waals surface area contributed by atoms with E-state index >= 15 is 0 Å². The Bertz CT molecular complexity index is 474. The van der Waals surface area contributed by atoms with E-state index in [1.165, 1.54) is 6.92 Å². The second kappa shape index (κ2) is 3.71. The Labute approximate surface area is 98.7 Å². The van der Waals surface area contributed by atoms with Gasteiger partial charge >= 0.3 is 5.97 Å². The standard InChI is InChI=1S/C8H10N4O4S/c1-8(3-10-11-9)6(7(14)15)12-4(13)2-5(12)17(8)16/h5-6H,2-3H2,1H3,(H,14,15)/t5-,6+,8+,17?/m1/s1. The number of rotatable bonds is 3. The molecule has 0 aromatic heterocycles. The molecule has 2 aliphatic heterocycles. The highest BCUT2D eigenvalue weighted by atomic mass is 32.2. The molecule has 1 N–H and O–H groups in total. The number of fused-ring (bicyclic) bond motifs is 1. The molecule has 1 unspecified atom stereocenters. The van der Waals surface area contributed by atoms with Gasteiger partial charge in [0, 0.05) is 11.5 Å². The maximum Gasteiger partial charge on any atom is 0.328 e. The van der Waals surface area contributed by atoms with E-state index in [0.717, 1.165) is 4.90 Å². The van der Waals surface area contributed by atoms with Crippen molar-refractivity contribution in [3.8, 4) is 0 Å². The minimum absolute atomic E-state index is 0.0995. The molecule has 2 rings (SSSR count). The van der Waals surface area contributed by atoms with Gasteiger partial charge in [-0.15, -0.1) is 0 Å². The SMILES string of the molecule is C[C@]1(CN=[N+]=[N-])[C@H](C(=O)O)N2C(=O)C[C@H]2S1=O. The van der Waals surface area contributed by atoms with E-state index < -0.39 is 32.9 Å². The molecule has 2 heterocycles. The maximum atomic E-state index is 12.1.